The highest BCUT2D eigenvalue weighted by Crippen LogP contribution is 2.24. The Kier molecular flexibility index (Phi) is 2.28. The van der Waals surface area contributed by atoms with Crippen molar-refractivity contribution in [3.05, 3.63) is 42.0 Å². The molecule has 0 saturated heterocycles. The molecule has 1 aliphatic heterocycles. The quantitative estimate of drug-likeness (QED) is 0.551. The number of rotatable bonds is 0. The lowest BCUT2D eigenvalue weighted by molar-refractivity contribution is 1.18. The van der Waals surface area contributed by atoms with Crippen LogP contribution in [0.1, 0.15) is 5.56 Å². The largest absolute Gasteiger partial charge is 0.209 e. The van der Waals surface area contributed by atoms with Crippen LogP contribution < -0.4 is 0 Å². The van der Waals surface area contributed by atoms with Crippen molar-refractivity contribution in [1.29, 1.82) is 0 Å². The molecule has 59 valence electrons. The van der Waals surface area contributed by atoms with Gasteiger partial charge in [0.1, 0.15) is 0 Å². The maximum atomic E-state index is 4.05. The zero-order chi connectivity index (χ0) is 8.23. The third kappa shape index (κ3) is 1.59. The Balaban J connectivity index is 2.40. The molecule has 1 nitrogen and oxygen atoms in total. The minimum atomic E-state index is 0.978. The molecule has 12 heavy (non-hydrogen) atoms. The highest BCUT2D eigenvalue weighted by atomic mass is 32.2. The molecule has 0 aromatic heterocycles. The highest BCUT2D eigenvalue weighted by Gasteiger charge is 2.00. The van der Waals surface area contributed by atoms with Crippen LogP contribution in [0.4, 0.5) is 0 Å². The van der Waals surface area contributed by atoms with E-state index in [0.717, 1.165) is 6.42 Å². The highest BCUT2D eigenvalue weighted by molar-refractivity contribution is 7.98. The first-order valence-electron chi connectivity index (χ1n) is 3.82. The number of benzene rings is 1. The van der Waals surface area contributed by atoms with E-state index in [9.17, 15) is 0 Å². The van der Waals surface area contributed by atoms with E-state index in [1.165, 1.54) is 22.4 Å². The lowest BCUT2D eigenvalue weighted by Crippen LogP contribution is -1.86. The summed E-state index contributed by atoms with van der Waals surface area (Å²) in [6, 6.07) is 8.31. The summed E-state index contributed by atoms with van der Waals surface area (Å²) in [4.78, 5) is 1.23. The molecule has 1 aliphatic rings. The van der Waals surface area contributed by atoms with Crippen molar-refractivity contribution < 1.29 is 0 Å². The summed E-state index contributed by atoms with van der Waals surface area (Å²) < 4.78 is 4.05. The second kappa shape index (κ2) is 3.59. The zero-order valence-electron chi connectivity index (χ0n) is 6.53. The van der Waals surface area contributed by atoms with Crippen LogP contribution in [0.5, 0.6) is 0 Å². The monoisotopic (exact) mass is 174 g/mol. The molecule has 0 unspecified atom stereocenters. The summed E-state index contributed by atoms with van der Waals surface area (Å²) in [6.07, 6.45) is 7.75. The number of allylic oxidation sites excluding steroid dienone is 2. The van der Waals surface area contributed by atoms with E-state index in [1.807, 2.05) is 12.1 Å². The van der Waals surface area contributed by atoms with Gasteiger partial charge < -0.3 is 0 Å². The fourth-order valence-corrected chi connectivity index (χ4v) is 1.73. The van der Waals surface area contributed by atoms with Crippen molar-refractivity contribution in [3.63, 3.8) is 0 Å². The Hall–Kier alpha value is -1.02. The molecule has 0 bridgehead atoms. The minimum Gasteiger partial charge on any atom is -0.209 e. The molecule has 2 heteroatoms. The van der Waals surface area contributed by atoms with E-state index < -0.39 is 0 Å². The third-order valence-corrected chi connectivity index (χ3v) is 2.49. The van der Waals surface area contributed by atoms with Crippen molar-refractivity contribution in [2.75, 3.05) is 0 Å². The number of hydrogen-bond donors (Lipinski definition) is 0. The van der Waals surface area contributed by atoms with Gasteiger partial charge in [0.2, 0.25) is 0 Å². The van der Waals surface area contributed by atoms with Gasteiger partial charge >= 0.3 is 0 Å². The normalized spacial score (nSPS) is 20.3. The molecular formula is C10H8NS. The van der Waals surface area contributed by atoms with Gasteiger partial charge in [-0.15, -0.1) is 0 Å². The van der Waals surface area contributed by atoms with E-state index in [0.29, 0.717) is 0 Å². The van der Waals surface area contributed by atoms with Crippen LogP contribution in [-0.2, 0) is 6.42 Å². The summed E-state index contributed by atoms with van der Waals surface area (Å²) in [6.45, 7) is 0. The topological polar surface area (TPSA) is 12.4 Å². The first kappa shape index (κ1) is 7.62. The SMILES string of the molecule is [C]1=N\Sc2ccccc2C\C=C/1. The summed E-state index contributed by atoms with van der Waals surface area (Å²) in [5.74, 6) is 0. The van der Waals surface area contributed by atoms with Crippen molar-refractivity contribution in [1.82, 2.24) is 0 Å². The van der Waals surface area contributed by atoms with Crippen LogP contribution in [0.2, 0.25) is 0 Å². The Morgan fingerprint density at radius 3 is 3.25 bits per heavy atom. The number of fused-ring (bicyclic) bond motifs is 1. The molecule has 1 heterocycles. The predicted molar refractivity (Wildman–Crippen MR) is 52.6 cm³/mol. The van der Waals surface area contributed by atoms with Crippen LogP contribution in [0, 0.1) is 0 Å². The lowest BCUT2D eigenvalue weighted by Gasteiger charge is -2.04. The molecule has 0 N–H and O–H groups in total. The van der Waals surface area contributed by atoms with E-state index in [2.05, 4.69) is 34.9 Å². The second-order valence-corrected chi connectivity index (χ2v) is 3.33. The lowest BCUT2D eigenvalue weighted by atomic mass is 10.1. The standard InChI is InChI=1S/C10H8NS/c1-2-7-10-9(5-1)6-3-4-8-11-12-10/h1-5,7H,6H2/b4-3-,11-8?. The van der Waals surface area contributed by atoms with Crippen LogP contribution in [-0.4, -0.2) is 6.21 Å². The van der Waals surface area contributed by atoms with Gasteiger partial charge in [-0.3, -0.25) is 0 Å². The number of nitrogens with zero attached hydrogens (tertiary/aromatic N) is 1. The van der Waals surface area contributed by atoms with Gasteiger partial charge in [0.05, 0.1) is 6.21 Å². The predicted octanol–water partition coefficient (Wildman–Crippen LogP) is 2.75. The maximum absolute atomic E-state index is 4.05. The van der Waals surface area contributed by atoms with E-state index >= 15 is 0 Å². The zero-order valence-corrected chi connectivity index (χ0v) is 7.34. The van der Waals surface area contributed by atoms with Gasteiger partial charge in [0.25, 0.3) is 0 Å². The first-order valence-corrected chi connectivity index (χ1v) is 4.59. The molecule has 0 spiro atoms. The summed E-state index contributed by atoms with van der Waals surface area (Å²) in [5, 5.41) is 0. The first-order chi connectivity index (χ1) is 5.97. The summed E-state index contributed by atoms with van der Waals surface area (Å²) in [5.41, 5.74) is 1.34. The average molecular weight is 174 g/mol. The smallest absolute Gasteiger partial charge is 0.0977 e. The van der Waals surface area contributed by atoms with Gasteiger partial charge in [-0.25, -0.2) is 4.40 Å². The number of hydrogen-bond acceptors (Lipinski definition) is 2. The summed E-state index contributed by atoms with van der Waals surface area (Å²) >= 11 is 1.49. The van der Waals surface area contributed by atoms with Crippen molar-refractivity contribution in [3.8, 4) is 0 Å². The average Bonchev–Trinajstić information content (AvgIpc) is 2.06. The molecule has 1 aromatic carbocycles. The molecule has 0 atom stereocenters. The van der Waals surface area contributed by atoms with Crippen LogP contribution in [0.15, 0.2) is 45.7 Å². The molecular weight excluding hydrogens is 166 g/mol. The maximum Gasteiger partial charge on any atom is 0.0977 e. The Morgan fingerprint density at radius 2 is 2.25 bits per heavy atom. The van der Waals surface area contributed by atoms with Gasteiger partial charge in [-0.05, 0) is 24.1 Å². The van der Waals surface area contributed by atoms with Gasteiger partial charge in [0.15, 0.2) is 0 Å². The molecule has 1 radical (unpaired) electrons. The minimum absolute atomic E-state index is 0.978. The van der Waals surface area contributed by atoms with Gasteiger partial charge in [-0.2, -0.15) is 0 Å². The molecule has 0 saturated carbocycles. The van der Waals surface area contributed by atoms with Gasteiger partial charge in [-0.1, -0.05) is 24.3 Å². The molecule has 1 aromatic rings. The molecule has 0 fully saturated rings. The van der Waals surface area contributed by atoms with E-state index in [-0.39, 0.29) is 0 Å². The van der Waals surface area contributed by atoms with Crippen molar-refractivity contribution >= 4 is 18.2 Å². The summed E-state index contributed by atoms with van der Waals surface area (Å²) in [7, 11) is 0. The van der Waals surface area contributed by atoms with E-state index in [4.69, 9.17) is 0 Å². The fraction of sp³-hybridized carbons (Fsp3) is 0.100. The van der Waals surface area contributed by atoms with Crippen LogP contribution in [0.25, 0.3) is 0 Å². The van der Waals surface area contributed by atoms with Crippen LogP contribution in [0.3, 0.4) is 0 Å². The molecule has 0 amide bonds. The second-order valence-electron chi connectivity index (χ2n) is 2.53. The Labute approximate surface area is 76.3 Å². The fourth-order valence-electron chi connectivity index (χ4n) is 1.11. The Bertz CT molecular complexity index is 295. The molecule has 2 rings (SSSR count). The Morgan fingerprint density at radius 1 is 1.33 bits per heavy atom. The third-order valence-electron chi connectivity index (χ3n) is 1.70. The molecule has 0 aliphatic carbocycles. The van der Waals surface area contributed by atoms with Crippen molar-refractivity contribution in [2.24, 2.45) is 4.40 Å². The van der Waals surface area contributed by atoms with Gasteiger partial charge in [0, 0.05) is 16.8 Å². The van der Waals surface area contributed by atoms with Crippen molar-refractivity contribution in [2.45, 2.75) is 11.3 Å². The van der Waals surface area contributed by atoms with E-state index in [1.54, 1.807) is 0 Å². The van der Waals surface area contributed by atoms with Crippen LogP contribution >= 0.6 is 11.9 Å².